The minimum Gasteiger partial charge on any atom is -0.453 e. The van der Waals surface area contributed by atoms with Crippen LogP contribution in [0.25, 0.3) is 22.5 Å². The molecule has 0 bridgehead atoms. The van der Waals surface area contributed by atoms with E-state index in [0.29, 0.717) is 17.8 Å². The van der Waals surface area contributed by atoms with Crippen molar-refractivity contribution in [1.29, 1.82) is 0 Å². The Hall–Kier alpha value is -2.61. The molecule has 0 aliphatic rings. The first-order valence-corrected chi connectivity index (χ1v) is 6.08. The second-order valence-corrected chi connectivity index (χ2v) is 4.26. The number of aldehydes is 1. The first kappa shape index (κ1) is 11.5. The lowest BCUT2D eigenvalue weighted by molar-refractivity contribution is 0.110. The summed E-state index contributed by atoms with van der Waals surface area (Å²) in [6, 6.07) is 21.8. The molecule has 0 saturated heterocycles. The predicted molar refractivity (Wildman–Crippen MR) is 75.0 cm³/mol. The van der Waals surface area contributed by atoms with E-state index in [1.54, 1.807) is 12.1 Å². The van der Waals surface area contributed by atoms with Gasteiger partial charge in [0.1, 0.15) is 5.76 Å². The smallest absolute Gasteiger partial charge is 0.185 e. The van der Waals surface area contributed by atoms with E-state index in [1.807, 2.05) is 42.5 Å². The third-order valence-corrected chi connectivity index (χ3v) is 3.02. The van der Waals surface area contributed by atoms with Crippen molar-refractivity contribution in [3.63, 3.8) is 0 Å². The normalized spacial score (nSPS) is 10.3. The van der Waals surface area contributed by atoms with Crippen LogP contribution in [-0.2, 0) is 0 Å². The molecule has 0 aliphatic heterocycles. The molecule has 0 N–H and O–H groups in total. The maximum atomic E-state index is 10.6. The highest BCUT2D eigenvalue weighted by Gasteiger charge is 2.04. The molecule has 2 nitrogen and oxygen atoms in total. The van der Waals surface area contributed by atoms with Crippen LogP contribution in [0.4, 0.5) is 0 Å². The minimum absolute atomic E-state index is 0.349. The fraction of sp³-hybridized carbons (Fsp3) is 0. The van der Waals surface area contributed by atoms with Crippen LogP contribution in [0.5, 0.6) is 0 Å². The zero-order valence-corrected chi connectivity index (χ0v) is 10.2. The summed E-state index contributed by atoms with van der Waals surface area (Å²) in [6.07, 6.45) is 0.710. The molecule has 3 rings (SSSR count). The first-order chi connectivity index (χ1) is 9.36. The number of hydrogen-bond acceptors (Lipinski definition) is 2. The second kappa shape index (κ2) is 4.94. The molecule has 2 heteroatoms. The number of furan rings is 1. The van der Waals surface area contributed by atoms with Gasteiger partial charge in [-0.05, 0) is 23.3 Å². The number of carbonyl (C=O) groups excluding carboxylic acids is 1. The molecule has 0 amide bonds. The molecule has 0 spiro atoms. The van der Waals surface area contributed by atoms with Crippen molar-refractivity contribution in [2.24, 2.45) is 0 Å². The third kappa shape index (κ3) is 2.33. The third-order valence-electron chi connectivity index (χ3n) is 3.02. The number of carbonyl (C=O) groups is 1. The first-order valence-electron chi connectivity index (χ1n) is 6.08. The van der Waals surface area contributed by atoms with Gasteiger partial charge in [0, 0.05) is 5.56 Å². The standard InChI is InChI=1S/C17H12O2/c18-12-16-10-11-17(19-16)15-8-6-14(7-9-15)13-4-2-1-3-5-13/h1-12H. The monoisotopic (exact) mass is 248 g/mol. The second-order valence-electron chi connectivity index (χ2n) is 4.26. The number of benzene rings is 2. The fourth-order valence-corrected chi connectivity index (χ4v) is 2.03. The summed E-state index contributed by atoms with van der Waals surface area (Å²) in [6.45, 7) is 0. The molecule has 0 atom stereocenters. The van der Waals surface area contributed by atoms with E-state index in [0.717, 1.165) is 11.1 Å². The molecular formula is C17H12O2. The fourth-order valence-electron chi connectivity index (χ4n) is 2.03. The van der Waals surface area contributed by atoms with E-state index in [4.69, 9.17) is 4.42 Å². The Bertz CT molecular complexity index is 679. The van der Waals surface area contributed by atoms with Crippen LogP contribution >= 0.6 is 0 Å². The van der Waals surface area contributed by atoms with Gasteiger partial charge in [-0.25, -0.2) is 0 Å². The lowest BCUT2D eigenvalue weighted by Crippen LogP contribution is -1.78. The molecule has 0 radical (unpaired) electrons. The average molecular weight is 248 g/mol. The van der Waals surface area contributed by atoms with Gasteiger partial charge in [0.05, 0.1) is 0 Å². The van der Waals surface area contributed by atoms with Crippen molar-refractivity contribution in [2.75, 3.05) is 0 Å². The Morgan fingerprint density at radius 1 is 0.684 bits per heavy atom. The molecule has 0 saturated carbocycles. The summed E-state index contributed by atoms with van der Waals surface area (Å²) in [7, 11) is 0. The molecule has 0 aliphatic carbocycles. The Morgan fingerprint density at radius 3 is 1.95 bits per heavy atom. The molecule has 19 heavy (non-hydrogen) atoms. The molecule has 3 aromatic rings. The molecule has 0 fully saturated rings. The van der Waals surface area contributed by atoms with Gasteiger partial charge < -0.3 is 4.42 Å². The van der Waals surface area contributed by atoms with Crippen LogP contribution in [0.2, 0.25) is 0 Å². The maximum absolute atomic E-state index is 10.6. The molecule has 1 heterocycles. The van der Waals surface area contributed by atoms with Crippen LogP contribution in [-0.4, -0.2) is 6.29 Å². The zero-order chi connectivity index (χ0) is 13.1. The van der Waals surface area contributed by atoms with Crippen LogP contribution < -0.4 is 0 Å². The molecular weight excluding hydrogens is 236 g/mol. The predicted octanol–water partition coefficient (Wildman–Crippen LogP) is 4.43. The van der Waals surface area contributed by atoms with Crippen LogP contribution in [0.1, 0.15) is 10.6 Å². The van der Waals surface area contributed by atoms with E-state index in [-0.39, 0.29) is 0 Å². The lowest BCUT2D eigenvalue weighted by atomic mass is 10.0. The summed E-state index contributed by atoms with van der Waals surface area (Å²) >= 11 is 0. The highest BCUT2D eigenvalue weighted by Crippen LogP contribution is 2.25. The van der Waals surface area contributed by atoms with E-state index in [9.17, 15) is 4.79 Å². The molecule has 92 valence electrons. The van der Waals surface area contributed by atoms with Crippen LogP contribution in [0.15, 0.2) is 71.1 Å². The van der Waals surface area contributed by atoms with Crippen LogP contribution in [0, 0.1) is 0 Å². The largest absolute Gasteiger partial charge is 0.453 e. The summed E-state index contributed by atoms with van der Waals surface area (Å²) in [4.78, 5) is 10.6. The van der Waals surface area contributed by atoms with E-state index >= 15 is 0 Å². The van der Waals surface area contributed by atoms with Gasteiger partial charge >= 0.3 is 0 Å². The van der Waals surface area contributed by atoms with Crippen molar-refractivity contribution >= 4 is 6.29 Å². The van der Waals surface area contributed by atoms with Gasteiger partial charge in [-0.3, -0.25) is 4.79 Å². The maximum Gasteiger partial charge on any atom is 0.185 e. The minimum atomic E-state index is 0.349. The van der Waals surface area contributed by atoms with Crippen LogP contribution in [0.3, 0.4) is 0 Å². The summed E-state index contributed by atoms with van der Waals surface area (Å²) in [5, 5.41) is 0. The molecule has 1 aromatic heterocycles. The van der Waals surface area contributed by atoms with E-state index in [1.165, 1.54) is 5.56 Å². The van der Waals surface area contributed by atoms with E-state index in [2.05, 4.69) is 12.1 Å². The summed E-state index contributed by atoms with van der Waals surface area (Å²) < 4.78 is 5.40. The van der Waals surface area contributed by atoms with Gasteiger partial charge in [0.15, 0.2) is 12.0 Å². The summed E-state index contributed by atoms with van der Waals surface area (Å²) in [5.74, 6) is 1.06. The molecule has 2 aromatic carbocycles. The highest BCUT2D eigenvalue weighted by molar-refractivity contribution is 5.73. The topological polar surface area (TPSA) is 30.2 Å². The van der Waals surface area contributed by atoms with Gasteiger partial charge in [-0.2, -0.15) is 0 Å². The Labute approximate surface area is 111 Å². The Balaban J connectivity index is 1.92. The van der Waals surface area contributed by atoms with Crippen molar-refractivity contribution in [3.05, 3.63) is 72.5 Å². The Kier molecular flexibility index (Phi) is 2.99. The van der Waals surface area contributed by atoms with Gasteiger partial charge in [0.25, 0.3) is 0 Å². The van der Waals surface area contributed by atoms with Crippen molar-refractivity contribution in [2.45, 2.75) is 0 Å². The average Bonchev–Trinajstić information content (AvgIpc) is 2.97. The van der Waals surface area contributed by atoms with Crippen molar-refractivity contribution in [1.82, 2.24) is 0 Å². The zero-order valence-electron chi connectivity index (χ0n) is 10.2. The number of hydrogen-bond donors (Lipinski definition) is 0. The number of rotatable bonds is 3. The summed E-state index contributed by atoms with van der Waals surface area (Å²) in [5.41, 5.74) is 3.31. The lowest BCUT2D eigenvalue weighted by Gasteiger charge is -2.02. The van der Waals surface area contributed by atoms with Gasteiger partial charge in [0.2, 0.25) is 0 Å². The SMILES string of the molecule is O=Cc1ccc(-c2ccc(-c3ccccc3)cc2)o1. The van der Waals surface area contributed by atoms with Gasteiger partial charge in [-0.1, -0.05) is 54.6 Å². The van der Waals surface area contributed by atoms with Gasteiger partial charge in [-0.15, -0.1) is 0 Å². The van der Waals surface area contributed by atoms with E-state index < -0.39 is 0 Å². The molecule has 0 unspecified atom stereocenters. The van der Waals surface area contributed by atoms with Crippen molar-refractivity contribution < 1.29 is 9.21 Å². The highest BCUT2D eigenvalue weighted by atomic mass is 16.3. The quantitative estimate of drug-likeness (QED) is 0.642. The Morgan fingerprint density at radius 2 is 1.32 bits per heavy atom. The van der Waals surface area contributed by atoms with Crippen molar-refractivity contribution in [3.8, 4) is 22.5 Å².